The molecular weight excluding hydrogens is 412 g/mol. The maximum Gasteiger partial charge on any atom is 0.251 e. The van der Waals surface area contributed by atoms with E-state index in [-0.39, 0.29) is 30.8 Å². The van der Waals surface area contributed by atoms with Gasteiger partial charge in [-0.1, -0.05) is 0 Å². The summed E-state index contributed by atoms with van der Waals surface area (Å²) in [6.45, 7) is 7.88. The number of nitrogens with two attached hydrogens (primary N) is 1. The van der Waals surface area contributed by atoms with E-state index in [1.54, 1.807) is 13.8 Å². The predicted octanol–water partition coefficient (Wildman–Crippen LogP) is -0.114. The van der Waals surface area contributed by atoms with Crippen LogP contribution in [0.2, 0.25) is 0 Å². The second-order valence-corrected chi connectivity index (χ2v) is 7.76. The van der Waals surface area contributed by atoms with Crippen molar-refractivity contribution in [3.05, 3.63) is 35.5 Å². The van der Waals surface area contributed by atoms with Crippen LogP contribution >= 0.6 is 0 Å². The minimum absolute atomic E-state index is 0.0942. The summed E-state index contributed by atoms with van der Waals surface area (Å²) in [6.07, 6.45) is 0.152. The second kappa shape index (κ2) is 12.1. The highest BCUT2D eigenvalue weighted by molar-refractivity contribution is 6.12. The van der Waals surface area contributed by atoms with Crippen LogP contribution in [0.5, 0.6) is 0 Å². The number of hydrogen-bond donors (Lipinski definition) is 5. The van der Waals surface area contributed by atoms with Crippen molar-refractivity contribution >= 4 is 29.4 Å². The Morgan fingerprint density at radius 3 is 2.34 bits per heavy atom. The lowest BCUT2D eigenvalue weighted by atomic mass is 10.2. The number of piperazine rings is 1. The number of allylic oxidation sites excluding steroid dienone is 1. The van der Waals surface area contributed by atoms with Crippen molar-refractivity contribution in [2.24, 2.45) is 10.7 Å². The Labute approximate surface area is 188 Å². The first-order valence-electron chi connectivity index (χ1n) is 10.6. The number of aliphatic hydroxyl groups is 2. The Balaban J connectivity index is 1.94. The normalized spacial score (nSPS) is 17.0. The van der Waals surface area contributed by atoms with Crippen LogP contribution in [-0.2, 0) is 9.59 Å². The molecule has 0 aliphatic carbocycles. The molecule has 6 N–H and O–H groups in total. The van der Waals surface area contributed by atoms with Crippen molar-refractivity contribution < 1.29 is 19.8 Å². The van der Waals surface area contributed by atoms with Crippen molar-refractivity contribution in [1.82, 2.24) is 10.2 Å². The number of aliphatic imine (C=N–C) groups is 1. The fourth-order valence-electron chi connectivity index (χ4n) is 3.29. The third-order valence-electron chi connectivity index (χ3n) is 5.24. The highest BCUT2D eigenvalue weighted by atomic mass is 16.3. The van der Waals surface area contributed by atoms with Crippen molar-refractivity contribution in [1.29, 1.82) is 0 Å². The smallest absolute Gasteiger partial charge is 0.251 e. The molecule has 1 aromatic carbocycles. The lowest BCUT2D eigenvalue weighted by Gasteiger charge is -2.35. The van der Waals surface area contributed by atoms with Crippen LogP contribution in [0, 0.1) is 0 Å². The molecule has 1 aliphatic heterocycles. The number of primary amides is 1. The molecule has 2 atom stereocenters. The van der Waals surface area contributed by atoms with Crippen molar-refractivity contribution in [3.63, 3.8) is 0 Å². The number of nitrogens with one attached hydrogen (secondary N) is 2. The number of hydrogen-bond acceptors (Lipinski definition) is 8. The third-order valence-corrected chi connectivity index (χ3v) is 5.24. The molecule has 1 aliphatic rings. The summed E-state index contributed by atoms with van der Waals surface area (Å²) in [4.78, 5) is 31.7. The fraction of sp³-hybridized carbons (Fsp3) is 0.500. The first-order valence-corrected chi connectivity index (χ1v) is 10.6. The fourth-order valence-corrected chi connectivity index (χ4v) is 3.29. The summed E-state index contributed by atoms with van der Waals surface area (Å²) in [5.41, 5.74) is 8.09. The Morgan fingerprint density at radius 1 is 1.19 bits per heavy atom. The largest absolute Gasteiger partial charge is 0.394 e. The van der Waals surface area contributed by atoms with Gasteiger partial charge < -0.3 is 36.4 Å². The van der Waals surface area contributed by atoms with E-state index in [4.69, 9.17) is 10.8 Å². The van der Waals surface area contributed by atoms with E-state index in [0.29, 0.717) is 5.70 Å². The van der Waals surface area contributed by atoms with Gasteiger partial charge in [-0.15, -0.1) is 0 Å². The SMILES string of the molecule is CC(=O)N1CCN(c2ccc(NC(C)/N=C\C(C(N)=O)=C(/C)NC[C@@H](O)CO)cc2)CC1. The molecule has 176 valence electrons. The summed E-state index contributed by atoms with van der Waals surface area (Å²) in [6, 6.07) is 7.98. The highest BCUT2D eigenvalue weighted by Gasteiger charge is 2.18. The van der Waals surface area contributed by atoms with Gasteiger partial charge in [-0.2, -0.15) is 0 Å². The summed E-state index contributed by atoms with van der Waals surface area (Å²) in [5, 5.41) is 24.4. The van der Waals surface area contributed by atoms with Crippen LogP contribution in [0.15, 0.2) is 40.5 Å². The maximum absolute atomic E-state index is 11.7. The highest BCUT2D eigenvalue weighted by Crippen LogP contribution is 2.20. The van der Waals surface area contributed by atoms with Crippen LogP contribution in [0.3, 0.4) is 0 Å². The van der Waals surface area contributed by atoms with E-state index in [0.717, 1.165) is 37.6 Å². The minimum atomic E-state index is -0.933. The van der Waals surface area contributed by atoms with Gasteiger partial charge in [0, 0.05) is 62.9 Å². The van der Waals surface area contributed by atoms with Crippen molar-refractivity contribution in [2.45, 2.75) is 33.0 Å². The Morgan fingerprint density at radius 2 is 1.81 bits per heavy atom. The van der Waals surface area contributed by atoms with Gasteiger partial charge in [-0.05, 0) is 38.1 Å². The molecule has 2 rings (SSSR count). The number of rotatable bonds is 10. The molecule has 1 heterocycles. The Bertz CT molecular complexity index is 831. The quantitative estimate of drug-likeness (QED) is 0.249. The standard InChI is InChI=1S/C22H34N6O4/c1-15(24-12-20(31)14-29)21(22(23)32)13-25-16(2)26-18-4-6-19(7-5-18)28-10-8-27(9-11-28)17(3)30/h4-7,13,16,20,24,26,29,31H,8-12,14H2,1-3H3,(H2,23,32)/b21-15-,25-13-/t16?,20-/m1/s1. The zero-order valence-corrected chi connectivity index (χ0v) is 18.9. The summed E-state index contributed by atoms with van der Waals surface area (Å²) in [5.74, 6) is -0.527. The van der Waals surface area contributed by atoms with E-state index in [1.807, 2.05) is 36.1 Å². The predicted molar refractivity (Wildman–Crippen MR) is 125 cm³/mol. The first-order chi connectivity index (χ1) is 15.2. The summed E-state index contributed by atoms with van der Waals surface area (Å²) >= 11 is 0. The molecule has 1 aromatic rings. The lowest BCUT2D eigenvalue weighted by Crippen LogP contribution is -2.48. The molecule has 1 unspecified atom stereocenters. The van der Waals surface area contributed by atoms with Gasteiger partial charge in [0.2, 0.25) is 5.91 Å². The number of carbonyl (C=O) groups is 2. The summed E-state index contributed by atoms with van der Waals surface area (Å²) in [7, 11) is 0. The van der Waals surface area contributed by atoms with E-state index in [2.05, 4.69) is 20.5 Å². The number of amides is 2. The van der Waals surface area contributed by atoms with E-state index < -0.39 is 12.0 Å². The molecule has 0 bridgehead atoms. The van der Waals surface area contributed by atoms with Crippen molar-refractivity contribution in [2.75, 3.05) is 49.5 Å². The molecule has 0 spiro atoms. The van der Waals surface area contributed by atoms with Gasteiger partial charge in [-0.25, -0.2) is 0 Å². The monoisotopic (exact) mass is 446 g/mol. The Kier molecular flexibility index (Phi) is 9.48. The molecule has 0 saturated carbocycles. The second-order valence-electron chi connectivity index (χ2n) is 7.76. The van der Waals surface area contributed by atoms with Gasteiger partial charge in [0.25, 0.3) is 5.91 Å². The Hall–Kier alpha value is -3.11. The number of anilines is 2. The van der Waals surface area contributed by atoms with Crippen molar-refractivity contribution in [3.8, 4) is 0 Å². The molecule has 1 saturated heterocycles. The average Bonchev–Trinajstić information content (AvgIpc) is 2.77. The van der Waals surface area contributed by atoms with Gasteiger partial charge >= 0.3 is 0 Å². The molecule has 1 fully saturated rings. The molecule has 10 heteroatoms. The number of carbonyl (C=O) groups excluding carboxylic acids is 2. The third kappa shape index (κ3) is 7.54. The lowest BCUT2D eigenvalue weighted by molar-refractivity contribution is -0.129. The number of aliphatic hydroxyl groups excluding tert-OH is 2. The number of benzene rings is 1. The van der Waals surface area contributed by atoms with Crippen LogP contribution in [-0.4, -0.2) is 84.7 Å². The van der Waals surface area contributed by atoms with Gasteiger partial charge in [0.05, 0.1) is 18.3 Å². The van der Waals surface area contributed by atoms with Crippen LogP contribution < -0.4 is 21.3 Å². The van der Waals surface area contributed by atoms with Crippen LogP contribution in [0.25, 0.3) is 0 Å². The molecule has 0 aromatic heterocycles. The summed E-state index contributed by atoms with van der Waals surface area (Å²) < 4.78 is 0. The minimum Gasteiger partial charge on any atom is -0.394 e. The van der Waals surface area contributed by atoms with E-state index in [1.165, 1.54) is 6.21 Å². The molecule has 0 radical (unpaired) electrons. The first kappa shape index (κ1) is 25.2. The average molecular weight is 447 g/mol. The van der Waals surface area contributed by atoms with Crippen LogP contribution in [0.4, 0.5) is 11.4 Å². The van der Waals surface area contributed by atoms with Gasteiger partial charge in [0.1, 0.15) is 6.17 Å². The maximum atomic E-state index is 11.7. The van der Waals surface area contributed by atoms with E-state index in [9.17, 15) is 14.7 Å². The van der Waals surface area contributed by atoms with E-state index >= 15 is 0 Å². The van der Waals surface area contributed by atoms with Crippen LogP contribution in [0.1, 0.15) is 20.8 Å². The zero-order chi connectivity index (χ0) is 23.7. The molecule has 10 nitrogen and oxygen atoms in total. The van der Waals surface area contributed by atoms with Gasteiger partial charge in [0.15, 0.2) is 0 Å². The topological polar surface area (TPSA) is 144 Å². The van der Waals surface area contributed by atoms with Gasteiger partial charge in [-0.3, -0.25) is 14.6 Å². The molecular formula is C22H34N6O4. The molecule has 2 amide bonds. The number of nitrogens with zero attached hydrogens (tertiary/aromatic N) is 3. The molecule has 32 heavy (non-hydrogen) atoms. The zero-order valence-electron chi connectivity index (χ0n) is 18.9.